The summed E-state index contributed by atoms with van der Waals surface area (Å²) in [6.45, 7) is 3.34. The third-order valence-corrected chi connectivity index (χ3v) is 5.26. The number of benzene rings is 2. The molecule has 0 aliphatic carbocycles. The lowest BCUT2D eigenvalue weighted by Gasteiger charge is -2.05. The van der Waals surface area contributed by atoms with Crippen LogP contribution in [0.25, 0.3) is 6.08 Å². The number of carbonyl (C=O) groups is 1. The number of carbonyl (C=O) groups excluding carboxylic acids is 1. The molecule has 24 heavy (non-hydrogen) atoms. The van der Waals surface area contributed by atoms with Crippen molar-refractivity contribution in [3.8, 4) is 0 Å². The smallest absolute Gasteiger partial charge is 0.247 e. The first kappa shape index (κ1) is 17.7. The Balaban J connectivity index is 2.06. The molecular formula is C19H19NO3S. The summed E-state index contributed by atoms with van der Waals surface area (Å²) in [5.74, 6) is -0.391. The summed E-state index contributed by atoms with van der Waals surface area (Å²) in [7, 11) is -3.60. The van der Waals surface area contributed by atoms with Crippen LogP contribution in [-0.2, 0) is 14.6 Å². The molecule has 0 spiro atoms. The van der Waals surface area contributed by atoms with Gasteiger partial charge in [0.2, 0.25) is 15.7 Å². The first-order chi connectivity index (χ1) is 11.4. The molecule has 1 N–H and O–H groups in total. The van der Waals surface area contributed by atoms with E-state index in [0.717, 1.165) is 11.1 Å². The van der Waals surface area contributed by atoms with Crippen molar-refractivity contribution >= 4 is 21.8 Å². The highest BCUT2D eigenvalue weighted by molar-refractivity contribution is 7.95. The van der Waals surface area contributed by atoms with Crippen molar-refractivity contribution in [2.75, 3.05) is 0 Å². The fraction of sp³-hybridized carbons (Fsp3) is 0.105. The molecule has 124 valence electrons. The van der Waals surface area contributed by atoms with E-state index in [-0.39, 0.29) is 9.80 Å². The Morgan fingerprint density at radius 1 is 1.00 bits per heavy atom. The zero-order valence-corrected chi connectivity index (χ0v) is 14.4. The molecule has 0 atom stereocenters. The van der Waals surface area contributed by atoms with E-state index in [2.05, 4.69) is 5.32 Å². The monoisotopic (exact) mass is 341 g/mol. The first-order valence-corrected chi connectivity index (χ1v) is 8.90. The summed E-state index contributed by atoms with van der Waals surface area (Å²) in [4.78, 5) is 12.1. The van der Waals surface area contributed by atoms with E-state index in [9.17, 15) is 13.2 Å². The molecule has 0 fully saturated rings. The van der Waals surface area contributed by atoms with Crippen LogP contribution in [0.5, 0.6) is 0 Å². The number of sulfone groups is 1. The van der Waals surface area contributed by atoms with Crippen molar-refractivity contribution in [3.05, 3.63) is 82.9 Å². The van der Waals surface area contributed by atoms with Crippen molar-refractivity contribution in [1.29, 1.82) is 0 Å². The van der Waals surface area contributed by atoms with Gasteiger partial charge >= 0.3 is 0 Å². The van der Waals surface area contributed by atoms with E-state index in [4.69, 9.17) is 0 Å². The Morgan fingerprint density at radius 3 is 2.25 bits per heavy atom. The van der Waals surface area contributed by atoms with Crippen LogP contribution in [0.4, 0.5) is 0 Å². The van der Waals surface area contributed by atoms with Gasteiger partial charge < -0.3 is 5.32 Å². The van der Waals surface area contributed by atoms with Gasteiger partial charge in [-0.3, -0.25) is 4.79 Å². The van der Waals surface area contributed by atoms with Crippen LogP contribution in [0.2, 0.25) is 0 Å². The van der Waals surface area contributed by atoms with Crippen LogP contribution in [0.1, 0.15) is 18.1 Å². The van der Waals surface area contributed by atoms with Gasteiger partial charge in [-0.15, -0.1) is 0 Å². The fourth-order valence-electron chi connectivity index (χ4n) is 1.94. The quantitative estimate of drug-likeness (QED) is 0.847. The van der Waals surface area contributed by atoms with E-state index < -0.39 is 15.7 Å². The summed E-state index contributed by atoms with van der Waals surface area (Å²) in [6, 6.07) is 15.9. The number of rotatable bonds is 5. The number of aryl methyl sites for hydroxylation is 1. The predicted octanol–water partition coefficient (Wildman–Crippen LogP) is 3.46. The molecule has 2 rings (SSSR count). The highest BCUT2D eigenvalue weighted by atomic mass is 32.2. The Morgan fingerprint density at radius 2 is 1.62 bits per heavy atom. The SMILES string of the molecule is C/C(=C\NC(=O)/C=C/c1ccccc1)S(=O)(=O)c1ccc(C)cc1. The number of hydrogen-bond acceptors (Lipinski definition) is 3. The molecule has 0 saturated carbocycles. The Hall–Kier alpha value is -2.66. The minimum atomic E-state index is -3.60. The van der Waals surface area contributed by atoms with Crippen LogP contribution in [-0.4, -0.2) is 14.3 Å². The summed E-state index contributed by atoms with van der Waals surface area (Å²) in [6.07, 6.45) is 4.23. The lowest BCUT2D eigenvalue weighted by Crippen LogP contribution is -2.16. The van der Waals surface area contributed by atoms with Crippen LogP contribution < -0.4 is 5.32 Å². The molecule has 0 unspecified atom stereocenters. The fourth-order valence-corrected chi connectivity index (χ4v) is 3.02. The van der Waals surface area contributed by atoms with Gasteiger partial charge in [0.15, 0.2) is 0 Å². The molecule has 2 aromatic rings. The van der Waals surface area contributed by atoms with Crippen molar-refractivity contribution in [2.45, 2.75) is 18.7 Å². The number of hydrogen-bond donors (Lipinski definition) is 1. The standard InChI is InChI=1S/C19H19NO3S/c1-15-8-11-18(12-9-15)24(22,23)16(2)14-20-19(21)13-10-17-6-4-3-5-7-17/h3-14H,1-2H3,(H,20,21)/b13-10+,16-14+. The molecule has 0 heterocycles. The maximum absolute atomic E-state index is 12.4. The highest BCUT2D eigenvalue weighted by Crippen LogP contribution is 2.18. The normalized spacial score (nSPS) is 12.3. The average molecular weight is 341 g/mol. The largest absolute Gasteiger partial charge is 0.328 e. The maximum Gasteiger partial charge on any atom is 0.247 e. The van der Waals surface area contributed by atoms with E-state index >= 15 is 0 Å². The van der Waals surface area contributed by atoms with Gasteiger partial charge in [-0.25, -0.2) is 8.42 Å². The lowest BCUT2D eigenvalue weighted by molar-refractivity contribution is -0.115. The Kier molecular flexibility index (Phi) is 5.71. The van der Waals surface area contributed by atoms with Crippen LogP contribution >= 0.6 is 0 Å². The zero-order valence-electron chi connectivity index (χ0n) is 13.6. The number of allylic oxidation sites excluding steroid dienone is 1. The summed E-state index contributed by atoms with van der Waals surface area (Å²) in [5.41, 5.74) is 1.87. The summed E-state index contributed by atoms with van der Waals surface area (Å²) in [5, 5.41) is 2.47. The van der Waals surface area contributed by atoms with Gasteiger partial charge in [-0.2, -0.15) is 0 Å². The van der Waals surface area contributed by atoms with Crippen LogP contribution in [0.15, 0.2) is 76.7 Å². The lowest BCUT2D eigenvalue weighted by atomic mass is 10.2. The van der Waals surface area contributed by atoms with E-state index in [0.29, 0.717) is 0 Å². The van der Waals surface area contributed by atoms with Gasteiger partial charge in [0.25, 0.3) is 0 Å². The van der Waals surface area contributed by atoms with Gasteiger partial charge in [0, 0.05) is 12.3 Å². The van der Waals surface area contributed by atoms with E-state index in [1.54, 1.807) is 30.3 Å². The zero-order chi connectivity index (χ0) is 17.6. The minimum Gasteiger partial charge on any atom is -0.328 e. The van der Waals surface area contributed by atoms with Gasteiger partial charge in [-0.05, 0) is 37.6 Å². The van der Waals surface area contributed by atoms with Crippen LogP contribution in [0.3, 0.4) is 0 Å². The molecule has 0 aliphatic heterocycles. The van der Waals surface area contributed by atoms with Crippen molar-refractivity contribution in [3.63, 3.8) is 0 Å². The molecule has 4 nitrogen and oxygen atoms in total. The molecule has 1 amide bonds. The van der Waals surface area contributed by atoms with Gasteiger partial charge in [-0.1, -0.05) is 48.0 Å². The predicted molar refractivity (Wildman–Crippen MR) is 95.7 cm³/mol. The van der Waals surface area contributed by atoms with Crippen molar-refractivity contribution < 1.29 is 13.2 Å². The first-order valence-electron chi connectivity index (χ1n) is 7.42. The Labute approximate surface area is 142 Å². The molecule has 0 radical (unpaired) electrons. The molecule has 2 aromatic carbocycles. The second kappa shape index (κ2) is 7.75. The second-order valence-electron chi connectivity index (χ2n) is 5.32. The average Bonchev–Trinajstić information content (AvgIpc) is 2.59. The molecule has 0 aromatic heterocycles. The molecule has 0 aliphatic rings. The van der Waals surface area contributed by atoms with E-state index in [1.807, 2.05) is 37.3 Å². The van der Waals surface area contributed by atoms with E-state index in [1.165, 1.54) is 19.2 Å². The Bertz CT molecular complexity index is 865. The van der Waals surface area contributed by atoms with Crippen LogP contribution in [0, 0.1) is 6.92 Å². The maximum atomic E-state index is 12.4. The second-order valence-corrected chi connectivity index (χ2v) is 7.45. The molecule has 5 heteroatoms. The summed E-state index contributed by atoms with van der Waals surface area (Å²) < 4.78 is 24.8. The van der Waals surface area contributed by atoms with Gasteiger partial charge in [0.05, 0.1) is 9.80 Å². The third kappa shape index (κ3) is 4.67. The molecule has 0 saturated heterocycles. The molecular weight excluding hydrogens is 322 g/mol. The van der Waals surface area contributed by atoms with Crippen molar-refractivity contribution in [1.82, 2.24) is 5.32 Å². The third-order valence-electron chi connectivity index (χ3n) is 3.40. The molecule has 0 bridgehead atoms. The minimum absolute atomic E-state index is 0.0767. The van der Waals surface area contributed by atoms with Gasteiger partial charge in [0.1, 0.15) is 0 Å². The summed E-state index contributed by atoms with van der Waals surface area (Å²) >= 11 is 0. The van der Waals surface area contributed by atoms with Crippen molar-refractivity contribution in [2.24, 2.45) is 0 Å². The topological polar surface area (TPSA) is 63.2 Å². The number of nitrogens with one attached hydrogen (secondary N) is 1. The number of amides is 1. The highest BCUT2D eigenvalue weighted by Gasteiger charge is 2.16.